The predicted octanol–water partition coefficient (Wildman–Crippen LogP) is 2.15. The lowest BCUT2D eigenvalue weighted by atomic mass is 10.2. The molecule has 0 bridgehead atoms. The second-order valence-electron chi connectivity index (χ2n) is 6.51. The van der Waals surface area contributed by atoms with Crippen LogP contribution in [0.25, 0.3) is 22.6 Å². The average molecular weight is 427 g/mol. The summed E-state index contributed by atoms with van der Waals surface area (Å²) >= 11 is 6.25. The number of hydrogen-bond acceptors (Lipinski definition) is 9. The number of pyridine rings is 1. The van der Waals surface area contributed by atoms with Crippen LogP contribution < -0.4 is 10.2 Å². The molecule has 1 aromatic carbocycles. The molecule has 4 aromatic rings. The second-order valence-corrected chi connectivity index (χ2v) is 6.87. The Balaban J connectivity index is 1.40. The number of anilines is 2. The van der Waals surface area contributed by atoms with Gasteiger partial charge in [0.2, 0.25) is 11.5 Å². The molecule has 0 atom stereocenters. The molecule has 1 aliphatic heterocycles. The van der Waals surface area contributed by atoms with Crippen molar-refractivity contribution < 1.29 is 13.9 Å². The number of tetrazole rings is 1. The topological polar surface area (TPSA) is 135 Å². The summed E-state index contributed by atoms with van der Waals surface area (Å²) in [5, 5.41) is 16.6. The van der Waals surface area contributed by atoms with Gasteiger partial charge in [0.25, 0.3) is 11.9 Å². The monoisotopic (exact) mass is 426 g/mol. The average Bonchev–Trinajstić information content (AvgIpc) is 3.44. The number of carbonyl (C=O) groups excluding carboxylic acids is 1. The molecule has 0 saturated carbocycles. The van der Waals surface area contributed by atoms with Crippen molar-refractivity contribution in [3.8, 4) is 11.4 Å². The maximum atomic E-state index is 12.8. The number of oxazole rings is 1. The third-order valence-corrected chi connectivity index (χ3v) is 4.86. The van der Waals surface area contributed by atoms with Gasteiger partial charge in [-0.15, -0.1) is 10.2 Å². The largest absolute Gasteiger partial charge is 0.422 e. The summed E-state index contributed by atoms with van der Waals surface area (Å²) in [4.78, 5) is 23.4. The van der Waals surface area contributed by atoms with Crippen molar-refractivity contribution in [2.24, 2.45) is 0 Å². The van der Waals surface area contributed by atoms with Crippen LogP contribution in [-0.2, 0) is 4.74 Å². The molecule has 1 amide bonds. The molecule has 11 nitrogen and oxygen atoms in total. The Hall–Kier alpha value is -3.57. The maximum Gasteiger partial charge on any atom is 0.300 e. The molecule has 0 radical (unpaired) electrons. The van der Waals surface area contributed by atoms with E-state index in [1.807, 2.05) is 11.0 Å². The zero-order valence-corrected chi connectivity index (χ0v) is 16.3. The van der Waals surface area contributed by atoms with Gasteiger partial charge < -0.3 is 19.4 Å². The van der Waals surface area contributed by atoms with Gasteiger partial charge >= 0.3 is 0 Å². The first kappa shape index (κ1) is 18.5. The molecule has 30 heavy (non-hydrogen) atoms. The fourth-order valence-electron chi connectivity index (χ4n) is 3.10. The minimum Gasteiger partial charge on any atom is -0.422 e. The van der Waals surface area contributed by atoms with Gasteiger partial charge in [0, 0.05) is 30.4 Å². The lowest BCUT2D eigenvalue weighted by Crippen LogP contribution is -2.36. The molecule has 2 N–H and O–H groups in total. The van der Waals surface area contributed by atoms with E-state index in [0.717, 1.165) is 0 Å². The van der Waals surface area contributed by atoms with Gasteiger partial charge in [-0.25, -0.2) is 4.98 Å². The van der Waals surface area contributed by atoms with Crippen molar-refractivity contribution in [2.75, 3.05) is 36.5 Å². The number of hydrogen-bond donors (Lipinski definition) is 2. The number of nitrogens with zero attached hydrogens (tertiary/aromatic N) is 6. The number of amides is 1. The Kier molecular flexibility index (Phi) is 4.73. The fourth-order valence-corrected chi connectivity index (χ4v) is 3.32. The molecular weight excluding hydrogens is 412 g/mol. The van der Waals surface area contributed by atoms with Crippen molar-refractivity contribution in [1.29, 1.82) is 0 Å². The second kappa shape index (κ2) is 7.69. The molecule has 0 unspecified atom stereocenters. The first-order valence-corrected chi connectivity index (χ1v) is 9.50. The van der Waals surface area contributed by atoms with Gasteiger partial charge in [-0.3, -0.25) is 4.79 Å². The van der Waals surface area contributed by atoms with Crippen LogP contribution in [0.3, 0.4) is 0 Å². The zero-order valence-electron chi connectivity index (χ0n) is 15.5. The van der Waals surface area contributed by atoms with E-state index >= 15 is 0 Å². The molecule has 12 heteroatoms. The van der Waals surface area contributed by atoms with E-state index in [9.17, 15) is 4.79 Å². The maximum absolute atomic E-state index is 12.8. The van der Waals surface area contributed by atoms with Gasteiger partial charge in [0.1, 0.15) is 5.15 Å². The third kappa shape index (κ3) is 3.55. The molecule has 1 fully saturated rings. The number of benzene rings is 1. The number of aromatic amines is 1. The van der Waals surface area contributed by atoms with Crippen molar-refractivity contribution in [2.45, 2.75) is 0 Å². The highest BCUT2D eigenvalue weighted by Crippen LogP contribution is 2.26. The van der Waals surface area contributed by atoms with E-state index in [2.05, 4.69) is 35.9 Å². The van der Waals surface area contributed by atoms with Crippen LogP contribution in [0, 0.1) is 0 Å². The Morgan fingerprint density at radius 1 is 1.20 bits per heavy atom. The van der Waals surface area contributed by atoms with Crippen molar-refractivity contribution >= 4 is 40.4 Å². The third-order valence-electron chi connectivity index (χ3n) is 4.58. The van der Waals surface area contributed by atoms with E-state index in [1.54, 1.807) is 24.3 Å². The molecule has 5 rings (SSSR count). The highest BCUT2D eigenvalue weighted by Gasteiger charge is 2.21. The van der Waals surface area contributed by atoms with Gasteiger partial charge in [-0.1, -0.05) is 23.7 Å². The molecular formula is C18H15ClN8O3. The minimum absolute atomic E-state index is 0.0381. The van der Waals surface area contributed by atoms with Gasteiger partial charge in [-0.2, -0.15) is 10.2 Å². The number of nitrogens with one attached hydrogen (secondary N) is 2. The molecule has 3 aromatic heterocycles. The Morgan fingerprint density at radius 3 is 2.87 bits per heavy atom. The highest BCUT2D eigenvalue weighted by molar-refractivity contribution is 6.33. The normalized spacial score (nSPS) is 14.2. The number of H-pyrrole nitrogens is 1. The van der Waals surface area contributed by atoms with Crippen LogP contribution in [0.4, 0.5) is 11.7 Å². The summed E-state index contributed by atoms with van der Waals surface area (Å²) in [7, 11) is 0. The predicted molar refractivity (Wildman–Crippen MR) is 107 cm³/mol. The number of ether oxygens (including phenoxy) is 1. The van der Waals surface area contributed by atoms with Crippen LogP contribution in [-0.4, -0.2) is 62.8 Å². The summed E-state index contributed by atoms with van der Waals surface area (Å²) in [5.74, 6) is -0.00601. The van der Waals surface area contributed by atoms with E-state index < -0.39 is 5.91 Å². The Bertz CT molecular complexity index is 1200. The van der Waals surface area contributed by atoms with Gasteiger partial charge in [0.15, 0.2) is 5.58 Å². The molecule has 4 heterocycles. The lowest BCUT2D eigenvalue weighted by molar-refractivity contribution is 0.102. The number of carbonyl (C=O) groups is 1. The van der Waals surface area contributed by atoms with Crippen LogP contribution in [0.15, 0.2) is 34.7 Å². The standard InChI is InChI=1S/C18H15ClN8O3/c19-14-12(9-13-16(21-14)22-18(30-13)27-4-6-29-7-5-27)17(28)20-11-3-1-2-10(8-11)15-23-25-26-24-15/h1-3,8-9H,4-7H2,(H,20,28)(H,23,24,25,26). The van der Waals surface area contributed by atoms with Crippen LogP contribution in [0.2, 0.25) is 5.15 Å². The number of halogens is 1. The van der Waals surface area contributed by atoms with Gasteiger partial charge in [-0.05, 0) is 17.3 Å². The summed E-state index contributed by atoms with van der Waals surface area (Å²) in [5.41, 5.74) is 2.15. The van der Waals surface area contributed by atoms with Gasteiger partial charge in [0.05, 0.1) is 18.8 Å². The van der Waals surface area contributed by atoms with Crippen LogP contribution in [0.5, 0.6) is 0 Å². The lowest BCUT2D eigenvalue weighted by Gasteiger charge is -2.24. The first-order chi connectivity index (χ1) is 14.7. The fraction of sp³-hybridized carbons (Fsp3) is 0.222. The number of fused-ring (bicyclic) bond motifs is 1. The highest BCUT2D eigenvalue weighted by atomic mass is 35.5. The zero-order chi connectivity index (χ0) is 20.5. The quantitative estimate of drug-likeness (QED) is 0.470. The number of morpholine rings is 1. The van der Waals surface area contributed by atoms with Crippen LogP contribution in [0.1, 0.15) is 10.4 Å². The number of aromatic nitrogens is 6. The molecule has 1 aliphatic rings. The summed E-state index contributed by atoms with van der Waals surface area (Å²) in [6.45, 7) is 2.54. The Labute approximate surface area is 174 Å². The smallest absolute Gasteiger partial charge is 0.300 e. The minimum atomic E-state index is -0.427. The molecule has 1 saturated heterocycles. The number of rotatable bonds is 4. The molecule has 0 spiro atoms. The molecule has 152 valence electrons. The van der Waals surface area contributed by atoms with Crippen LogP contribution >= 0.6 is 11.6 Å². The van der Waals surface area contributed by atoms with Crippen molar-refractivity contribution in [3.05, 3.63) is 41.0 Å². The van der Waals surface area contributed by atoms with E-state index in [-0.39, 0.29) is 10.7 Å². The van der Waals surface area contributed by atoms with E-state index in [0.29, 0.717) is 60.6 Å². The summed E-state index contributed by atoms with van der Waals surface area (Å²) < 4.78 is 11.1. The van der Waals surface area contributed by atoms with E-state index in [4.69, 9.17) is 20.8 Å². The van der Waals surface area contributed by atoms with Crippen molar-refractivity contribution in [1.82, 2.24) is 30.6 Å². The summed E-state index contributed by atoms with van der Waals surface area (Å²) in [6.07, 6.45) is 0. The summed E-state index contributed by atoms with van der Waals surface area (Å²) in [6, 6.07) is 9.03. The van der Waals surface area contributed by atoms with Crippen molar-refractivity contribution in [3.63, 3.8) is 0 Å². The van der Waals surface area contributed by atoms with E-state index in [1.165, 1.54) is 0 Å². The molecule has 0 aliphatic carbocycles. The Morgan fingerprint density at radius 2 is 2.07 bits per heavy atom. The SMILES string of the molecule is O=C(Nc1cccc(-c2nn[nH]n2)c1)c1cc2oc(N3CCOCC3)nc2nc1Cl. The first-order valence-electron chi connectivity index (χ1n) is 9.12.